The van der Waals surface area contributed by atoms with E-state index >= 15 is 0 Å². The molecule has 15 heavy (non-hydrogen) atoms. The van der Waals surface area contributed by atoms with Crippen LogP contribution in [0.4, 0.5) is 5.82 Å². The highest BCUT2D eigenvalue weighted by Crippen LogP contribution is 2.10. The fourth-order valence-corrected chi connectivity index (χ4v) is 1.21. The minimum atomic E-state index is -0.212. The summed E-state index contributed by atoms with van der Waals surface area (Å²) in [5.41, 5.74) is 1.06. The molecule has 1 aromatic heterocycles. The molecule has 0 bridgehead atoms. The number of esters is 1. The number of ether oxygens (including phenoxy) is 1. The van der Waals surface area contributed by atoms with Gasteiger partial charge in [0.2, 0.25) is 0 Å². The summed E-state index contributed by atoms with van der Waals surface area (Å²) in [5.74, 6) is 0.431. The molecule has 1 heterocycles. The third-order valence-corrected chi connectivity index (χ3v) is 2.19. The van der Waals surface area contributed by atoms with Gasteiger partial charge < -0.3 is 10.1 Å². The molecule has 0 radical (unpaired) electrons. The van der Waals surface area contributed by atoms with E-state index in [4.69, 9.17) is 0 Å². The second kappa shape index (κ2) is 5.34. The first-order valence-corrected chi connectivity index (χ1v) is 4.88. The fourth-order valence-electron chi connectivity index (χ4n) is 1.21. The molecule has 0 saturated carbocycles. The summed E-state index contributed by atoms with van der Waals surface area (Å²) < 4.78 is 4.63. The average molecular weight is 208 g/mol. The van der Waals surface area contributed by atoms with E-state index in [0.29, 0.717) is 6.54 Å². The van der Waals surface area contributed by atoms with Crippen LogP contribution in [0.5, 0.6) is 0 Å². The van der Waals surface area contributed by atoms with Gasteiger partial charge in [0.1, 0.15) is 5.82 Å². The Labute approximate surface area is 89.7 Å². The van der Waals surface area contributed by atoms with Gasteiger partial charge in [-0.2, -0.15) is 0 Å². The van der Waals surface area contributed by atoms with Crippen molar-refractivity contribution in [3.05, 3.63) is 23.9 Å². The number of anilines is 1. The van der Waals surface area contributed by atoms with Crippen molar-refractivity contribution >= 4 is 11.8 Å². The quantitative estimate of drug-likeness (QED) is 0.764. The van der Waals surface area contributed by atoms with E-state index in [2.05, 4.69) is 15.0 Å². The first-order chi connectivity index (χ1) is 7.15. The molecular weight excluding hydrogens is 192 g/mol. The number of nitrogens with zero attached hydrogens (tertiary/aromatic N) is 1. The molecule has 1 unspecified atom stereocenters. The van der Waals surface area contributed by atoms with Crippen LogP contribution in [-0.2, 0) is 9.53 Å². The maximum Gasteiger partial charge on any atom is 0.310 e. The van der Waals surface area contributed by atoms with Crippen molar-refractivity contribution in [3.63, 3.8) is 0 Å². The van der Waals surface area contributed by atoms with E-state index < -0.39 is 0 Å². The van der Waals surface area contributed by atoms with Gasteiger partial charge in [-0.1, -0.05) is 13.0 Å². The summed E-state index contributed by atoms with van der Waals surface area (Å²) in [6.07, 6.45) is 1.72. The van der Waals surface area contributed by atoms with Crippen molar-refractivity contribution in [2.75, 3.05) is 19.0 Å². The lowest BCUT2D eigenvalue weighted by atomic mass is 10.2. The zero-order chi connectivity index (χ0) is 11.3. The number of methoxy groups -OCH3 is 1. The van der Waals surface area contributed by atoms with Crippen LogP contribution in [0, 0.1) is 12.8 Å². The molecule has 0 aliphatic heterocycles. The van der Waals surface area contributed by atoms with Crippen molar-refractivity contribution in [2.45, 2.75) is 13.8 Å². The van der Waals surface area contributed by atoms with E-state index in [1.165, 1.54) is 7.11 Å². The Hall–Kier alpha value is -1.58. The van der Waals surface area contributed by atoms with Gasteiger partial charge in [0, 0.05) is 12.7 Å². The third-order valence-electron chi connectivity index (χ3n) is 2.19. The normalized spacial score (nSPS) is 11.9. The van der Waals surface area contributed by atoms with Crippen molar-refractivity contribution in [2.24, 2.45) is 5.92 Å². The predicted octanol–water partition coefficient (Wildman–Crippen LogP) is 1.61. The Morgan fingerprint density at radius 2 is 2.40 bits per heavy atom. The Kier molecular flexibility index (Phi) is 4.09. The standard InChI is InChI=1S/C11H16N2O2/c1-8-5-4-6-12-10(8)13-7-9(2)11(14)15-3/h4-6,9H,7H2,1-3H3,(H,12,13). The lowest BCUT2D eigenvalue weighted by molar-refractivity contribution is -0.144. The van der Waals surface area contributed by atoms with Crippen molar-refractivity contribution < 1.29 is 9.53 Å². The molecule has 0 fully saturated rings. The highest BCUT2D eigenvalue weighted by molar-refractivity contribution is 5.72. The molecule has 0 aliphatic rings. The highest BCUT2D eigenvalue weighted by atomic mass is 16.5. The van der Waals surface area contributed by atoms with E-state index in [-0.39, 0.29) is 11.9 Å². The minimum absolute atomic E-state index is 0.170. The SMILES string of the molecule is COC(=O)C(C)CNc1ncccc1C. The summed E-state index contributed by atoms with van der Waals surface area (Å²) in [5, 5.41) is 3.12. The van der Waals surface area contributed by atoms with Crippen LogP contribution in [0.3, 0.4) is 0 Å². The predicted molar refractivity (Wildman–Crippen MR) is 58.6 cm³/mol. The monoisotopic (exact) mass is 208 g/mol. The van der Waals surface area contributed by atoms with Gasteiger partial charge in [0.15, 0.2) is 0 Å². The van der Waals surface area contributed by atoms with Gasteiger partial charge in [-0.3, -0.25) is 4.79 Å². The molecule has 0 aromatic carbocycles. The van der Waals surface area contributed by atoms with Crippen LogP contribution >= 0.6 is 0 Å². The minimum Gasteiger partial charge on any atom is -0.469 e. The van der Waals surface area contributed by atoms with Gasteiger partial charge in [-0.05, 0) is 18.6 Å². The molecule has 1 aromatic rings. The fraction of sp³-hybridized carbons (Fsp3) is 0.455. The molecule has 0 amide bonds. The molecule has 0 spiro atoms. The number of hydrogen-bond acceptors (Lipinski definition) is 4. The molecule has 1 atom stereocenters. The van der Waals surface area contributed by atoms with E-state index in [1.54, 1.807) is 6.20 Å². The second-order valence-corrected chi connectivity index (χ2v) is 3.47. The van der Waals surface area contributed by atoms with Crippen LogP contribution in [-0.4, -0.2) is 24.6 Å². The Morgan fingerprint density at radius 1 is 1.67 bits per heavy atom. The number of aromatic nitrogens is 1. The molecule has 0 saturated heterocycles. The van der Waals surface area contributed by atoms with Crippen molar-refractivity contribution in [3.8, 4) is 0 Å². The molecule has 1 N–H and O–H groups in total. The summed E-state index contributed by atoms with van der Waals surface area (Å²) in [4.78, 5) is 15.3. The molecular formula is C11H16N2O2. The highest BCUT2D eigenvalue weighted by Gasteiger charge is 2.12. The first-order valence-electron chi connectivity index (χ1n) is 4.88. The summed E-state index contributed by atoms with van der Waals surface area (Å²) >= 11 is 0. The van der Waals surface area contributed by atoms with Crippen molar-refractivity contribution in [1.82, 2.24) is 4.98 Å². The van der Waals surface area contributed by atoms with Crippen LogP contribution in [0.15, 0.2) is 18.3 Å². The zero-order valence-electron chi connectivity index (χ0n) is 9.28. The largest absolute Gasteiger partial charge is 0.469 e. The number of hydrogen-bond donors (Lipinski definition) is 1. The summed E-state index contributed by atoms with van der Waals surface area (Å²) in [6, 6.07) is 3.85. The van der Waals surface area contributed by atoms with Gasteiger partial charge in [0.25, 0.3) is 0 Å². The summed E-state index contributed by atoms with van der Waals surface area (Å²) in [6.45, 7) is 4.32. The van der Waals surface area contributed by atoms with Gasteiger partial charge in [-0.25, -0.2) is 4.98 Å². The molecule has 4 heteroatoms. The third kappa shape index (κ3) is 3.23. The lowest BCUT2D eigenvalue weighted by Crippen LogP contribution is -2.22. The van der Waals surface area contributed by atoms with Crippen LogP contribution in [0.2, 0.25) is 0 Å². The molecule has 0 aliphatic carbocycles. The topological polar surface area (TPSA) is 51.2 Å². The number of rotatable bonds is 4. The Bertz CT molecular complexity index is 339. The second-order valence-electron chi connectivity index (χ2n) is 3.47. The first kappa shape index (κ1) is 11.5. The smallest absolute Gasteiger partial charge is 0.310 e. The maximum atomic E-state index is 11.1. The van der Waals surface area contributed by atoms with Crippen LogP contribution < -0.4 is 5.32 Å². The zero-order valence-corrected chi connectivity index (χ0v) is 9.28. The van der Waals surface area contributed by atoms with Crippen LogP contribution in [0.25, 0.3) is 0 Å². The van der Waals surface area contributed by atoms with Gasteiger partial charge in [-0.15, -0.1) is 0 Å². The molecule has 1 rings (SSSR count). The van der Waals surface area contributed by atoms with E-state index in [1.807, 2.05) is 26.0 Å². The average Bonchev–Trinajstić information content (AvgIpc) is 2.26. The van der Waals surface area contributed by atoms with Gasteiger partial charge >= 0.3 is 5.97 Å². The van der Waals surface area contributed by atoms with Crippen molar-refractivity contribution in [1.29, 1.82) is 0 Å². The number of nitrogens with one attached hydrogen (secondary N) is 1. The van der Waals surface area contributed by atoms with Crippen LogP contribution in [0.1, 0.15) is 12.5 Å². The number of pyridine rings is 1. The lowest BCUT2D eigenvalue weighted by Gasteiger charge is -2.12. The molecule has 82 valence electrons. The Balaban J connectivity index is 2.50. The number of carbonyl (C=O) groups is 1. The Morgan fingerprint density at radius 3 is 3.00 bits per heavy atom. The van der Waals surface area contributed by atoms with E-state index in [9.17, 15) is 4.79 Å². The maximum absolute atomic E-state index is 11.1. The summed E-state index contributed by atoms with van der Waals surface area (Å²) in [7, 11) is 1.39. The number of aryl methyl sites for hydroxylation is 1. The molecule has 4 nitrogen and oxygen atoms in total. The van der Waals surface area contributed by atoms with E-state index in [0.717, 1.165) is 11.4 Å². The van der Waals surface area contributed by atoms with Gasteiger partial charge in [0.05, 0.1) is 13.0 Å². The number of carbonyl (C=O) groups excluding carboxylic acids is 1.